The van der Waals surface area contributed by atoms with Crippen LogP contribution in [0, 0.1) is 11.3 Å². The molecule has 2 atom stereocenters. The summed E-state index contributed by atoms with van der Waals surface area (Å²) in [6, 6.07) is 0. The zero-order valence-corrected chi connectivity index (χ0v) is 10.9. The molecule has 0 aromatic heterocycles. The molecule has 2 aliphatic carbocycles. The third-order valence-electron chi connectivity index (χ3n) is 5.00. The fraction of sp³-hybridized carbons (Fsp3) is 0.923. The number of ether oxygens (including phenoxy) is 1. The lowest BCUT2D eigenvalue weighted by Crippen LogP contribution is -2.50. The molecule has 4 heteroatoms. The van der Waals surface area contributed by atoms with Crippen LogP contribution in [0.4, 0.5) is 0 Å². The second-order valence-electron chi connectivity index (χ2n) is 5.79. The molecule has 1 saturated heterocycles. The molecule has 1 amide bonds. The van der Waals surface area contributed by atoms with E-state index in [-0.39, 0.29) is 11.5 Å². The van der Waals surface area contributed by atoms with Crippen molar-refractivity contribution in [1.82, 2.24) is 5.32 Å². The Labute approximate surface area is 107 Å². The average molecular weight is 258 g/mol. The Balaban J connectivity index is 1.53. The number of fused-ring (bicyclic) bond motifs is 2. The van der Waals surface area contributed by atoms with Crippen LogP contribution in [0.15, 0.2) is 0 Å². The van der Waals surface area contributed by atoms with Crippen LogP contribution in [0.2, 0.25) is 0 Å². The molecule has 96 valence electrons. The molecule has 3 rings (SSSR count). The number of alkyl halides is 1. The fourth-order valence-electron chi connectivity index (χ4n) is 3.65. The second-order valence-corrected chi connectivity index (χ2v) is 6.16. The van der Waals surface area contributed by atoms with E-state index in [1.807, 2.05) is 0 Å². The first-order chi connectivity index (χ1) is 8.22. The van der Waals surface area contributed by atoms with Gasteiger partial charge in [0.2, 0.25) is 5.91 Å². The van der Waals surface area contributed by atoms with Gasteiger partial charge in [0.15, 0.2) is 0 Å². The minimum absolute atomic E-state index is 0.136. The normalized spacial score (nSPS) is 36.4. The molecule has 17 heavy (non-hydrogen) atoms. The summed E-state index contributed by atoms with van der Waals surface area (Å²) < 4.78 is 5.98. The van der Waals surface area contributed by atoms with Crippen LogP contribution in [-0.4, -0.2) is 30.5 Å². The third kappa shape index (κ3) is 1.70. The van der Waals surface area contributed by atoms with E-state index in [4.69, 9.17) is 16.3 Å². The van der Waals surface area contributed by atoms with Gasteiger partial charge in [-0.15, -0.1) is 11.6 Å². The number of hydrogen-bond donors (Lipinski definition) is 1. The van der Waals surface area contributed by atoms with E-state index in [0.717, 1.165) is 19.6 Å². The van der Waals surface area contributed by atoms with Gasteiger partial charge in [-0.3, -0.25) is 4.79 Å². The largest absolute Gasteiger partial charge is 0.374 e. The van der Waals surface area contributed by atoms with Crippen LogP contribution >= 0.6 is 11.6 Å². The van der Waals surface area contributed by atoms with Gasteiger partial charge in [0.05, 0.1) is 12.2 Å². The van der Waals surface area contributed by atoms with Gasteiger partial charge in [0.25, 0.3) is 0 Å². The van der Waals surface area contributed by atoms with E-state index >= 15 is 0 Å². The first-order valence-corrected chi connectivity index (χ1v) is 7.23. The quantitative estimate of drug-likeness (QED) is 0.766. The van der Waals surface area contributed by atoms with Crippen LogP contribution in [0.3, 0.4) is 0 Å². The lowest BCUT2D eigenvalue weighted by molar-refractivity contribution is -0.125. The molecule has 0 aromatic rings. The summed E-state index contributed by atoms with van der Waals surface area (Å²) in [4.78, 5) is 11.6. The molecule has 0 radical (unpaired) electrons. The van der Waals surface area contributed by atoms with Crippen LogP contribution in [0.5, 0.6) is 0 Å². The number of rotatable bonds is 5. The highest BCUT2D eigenvalue weighted by Crippen LogP contribution is 2.70. The summed E-state index contributed by atoms with van der Waals surface area (Å²) in [5, 5.41) is 3.09. The first kappa shape index (κ1) is 11.8. The van der Waals surface area contributed by atoms with Gasteiger partial charge in [0.1, 0.15) is 0 Å². The zero-order valence-electron chi connectivity index (χ0n) is 10.1. The molecule has 1 N–H and O–H groups in total. The summed E-state index contributed by atoms with van der Waals surface area (Å²) >= 11 is 5.59. The van der Waals surface area contributed by atoms with Crippen molar-refractivity contribution in [3.63, 3.8) is 0 Å². The number of carbonyl (C=O) groups excluding carboxylic acids is 1. The zero-order chi connectivity index (χ0) is 11.9. The van der Waals surface area contributed by atoms with Crippen molar-refractivity contribution in [3.8, 4) is 0 Å². The Hall–Kier alpha value is -0.280. The fourth-order valence-corrected chi connectivity index (χ4v) is 3.78. The first-order valence-electron chi connectivity index (χ1n) is 6.69. The summed E-state index contributed by atoms with van der Waals surface area (Å²) in [5.41, 5.74) is 0.430. The summed E-state index contributed by atoms with van der Waals surface area (Å²) in [5.74, 6) is 1.41. The van der Waals surface area contributed by atoms with Gasteiger partial charge < -0.3 is 10.1 Å². The summed E-state index contributed by atoms with van der Waals surface area (Å²) in [7, 11) is 0. The Morgan fingerprint density at radius 2 is 2.29 bits per heavy atom. The number of halogens is 1. The van der Waals surface area contributed by atoms with Crippen LogP contribution in [-0.2, 0) is 9.53 Å². The molecule has 0 aromatic carbocycles. The van der Waals surface area contributed by atoms with Crippen LogP contribution in [0.1, 0.15) is 38.5 Å². The molecule has 2 unspecified atom stereocenters. The monoisotopic (exact) mass is 257 g/mol. The molecule has 0 bridgehead atoms. The Morgan fingerprint density at radius 1 is 1.47 bits per heavy atom. The lowest BCUT2D eigenvalue weighted by Gasteiger charge is -2.45. The van der Waals surface area contributed by atoms with E-state index < -0.39 is 0 Å². The van der Waals surface area contributed by atoms with Crippen LogP contribution < -0.4 is 5.32 Å². The summed E-state index contributed by atoms with van der Waals surface area (Å²) in [6.45, 7) is 1.73. The van der Waals surface area contributed by atoms with Crippen molar-refractivity contribution < 1.29 is 9.53 Å². The van der Waals surface area contributed by atoms with E-state index in [2.05, 4.69) is 5.32 Å². The molecular formula is C13H20ClNO2. The molecule has 3 nitrogen and oxygen atoms in total. The maximum Gasteiger partial charge on any atom is 0.220 e. The lowest BCUT2D eigenvalue weighted by atomic mass is 9.68. The smallest absolute Gasteiger partial charge is 0.220 e. The number of hydrogen-bond acceptors (Lipinski definition) is 2. The van der Waals surface area contributed by atoms with Gasteiger partial charge in [0, 0.05) is 24.3 Å². The maximum absolute atomic E-state index is 11.6. The number of nitrogens with one attached hydrogen (secondary N) is 1. The number of amides is 1. The predicted octanol–water partition coefficient (Wildman–Crippen LogP) is 2.08. The highest BCUT2D eigenvalue weighted by Gasteiger charge is 2.73. The summed E-state index contributed by atoms with van der Waals surface area (Å²) in [6.07, 6.45) is 6.25. The standard InChI is InChI=1S/C13H20ClNO2/c14-6-1-3-11(16)15-9-12-7-10(12)8-17-13(12)4-2-5-13/h10H,1-9H2,(H,15,16). The van der Waals surface area contributed by atoms with Crippen molar-refractivity contribution in [3.05, 3.63) is 0 Å². The molecule has 1 spiro atoms. The van der Waals surface area contributed by atoms with Gasteiger partial charge >= 0.3 is 0 Å². The van der Waals surface area contributed by atoms with E-state index in [9.17, 15) is 4.79 Å². The third-order valence-corrected chi connectivity index (χ3v) is 5.27. The van der Waals surface area contributed by atoms with Crippen molar-refractivity contribution in [2.75, 3.05) is 19.0 Å². The highest BCUT2D eigenvalue weighted by atomic mass is 35.5. The second kappa shape index (κ2) is 4.13. The minimum Gasteiger partial charge on any atom is -0.374 e. The van der Waals surface area contributed by atoms with E-state index in [0.29, 0.717) is 23.6 Å². The Morgan fingerprint density at radius 3 is 2.88 bits per heavy atom. The average Bonchev–Trinajstić information content (AvgIpc) is 2.90. The van der Waals surface area contributed by atoms with E-state index in [1.54, 1.807) is 0 Å². The van der Waals surface area contributed by atoms with Crippen molar-refractivity contribution in [1.29, 1.82) is 0 Å². The van der Waals surface area contributed by atoms with Crippen molar-refractivity contribution in [2.45, 2.75) is 44.1 Å². The van der Waals surface area contributed by atoms with E-state index in [1.165, 1.54) is 25.7 Å². The SMILES string of the molecule is O=C(CCCCl)NCC12CC1COC21CCC1. The Bertz CT molecular complexity index is 329. The topological polar surface area (TPSA) is 38.3 Å². The highest BCUT2D eigenvalue weighted by molar-refractivity contribution is 6.17. The Kier molecular flexibility index (Phi) is 2.86. The van der Waals surface area contributed by atoms with Crippen molar-refractivity contribution >= 4 is 17.5 Å². The van der Waals surface area contributed by atoms with Gasteiger partial charge in [-0.25, -0.2) is 0 Å². The molecule has 3 aliphatic rings. The maximum atomic E-state index is 11.6. The minimum atomic E-state index is 0.136. The molecule has 1 heterocycles. The molecule has 3 fully saturated rings. The van der Waals surface area contributed by atoms with Crippen molar-refractivity contribution in [2.24, 2.45) is 11.3 Å². The molecule has 2 saturated carbocycles. The molecular weight excluding hydrogens is 238 g/mol. The predicted molar refractivity (Wildman–Crippen MR) is 66.0 cm³/mol. The van der Waals surface area contributed by atoms with Gasteiger partial charge in [-0.1, -0.05) is 0 Å². The molecule has 1 aliphatic heterocycles. The number of carbonyl (C=O) groups is 1. The van der Waals surface area contributed by atoms with Gasteiger partial charge in [-0.2, -0.15) is 0 Å². The van der Waals surface area contributed by atoms with Gasteiger partial charge in [-0.05, 0) is 38.0 Å². The van der Waals surface area contributed by atoms with Crippen LogP contribution in [0.25, 0.3) is 0 Å².